The molecule has 0 aromatic heterocycles. The van der Waals surface area contributed by atoms with Gasteiger partial charge in [0.25, 0.3) is 0 Å². The molecule has 0 amide bonds. The van der Waals surface area contributed by atoms with Crippen LogP contribution >= 0.6 is 0 Å². The van der Waals surface area contributed by atoms with Crippen LogP contribution in [0.4, 0.5) is 13.2 Å². The van der Waals surface area contributed by atoms with Gasteiger partial charge in [-0.25, -0.2) is 0 Å². The number of carbonyl (C=O) groups is 2. The van der Waals surface area contributed by atoms with Crippen LogP contribution in [0.25, 0.3) is 0 Å². The molecule has 0 saturated heterocycles. The zero-order valence-electron chi connectivity index (χ0n) is 8.78. The lowest BCUT2D eigenvalue weighted by atomic mass is 9.98. The number of aliphatic carboxylic acids is 1. The lowest BCUT2D eigenvalue weighted by molar-refractivity contribution is -0.139. The van der Waals surface area contributed by atoms with Crippen molar-refractivity contribution in [2.45, 2.75) is 13.1 Å². The molecule has 0 unspecified atom stereocenters. The monoisotopic (exact) mass is 246 g/mol. The van der Waals surface area contributed by atoms with Crippen LogP contribution in [0.5, 0.6) is 0 Å². The Labute approximate surface area is 94.9 Å². The highest BCUT2D eigenvalue weighted by atomic mass is 19.4. The third-order valence-electron chi connectivity index (χ3n) is 2.24. The third-order valence-corrected chi connectivity index (χ3v) is 2.24. The summed E-state index contributed by atoms with van der Waals surface area (Å²) in [4.78, 5) is 22.1. The van der Waals surface area contributed by atoms with E-state index in [1.54, 1.807) is 0 Å². The molecule has 17 heavy (non-hydrogen) atoms. The van der Waals surface area contributed by atoms with E-state index in [0.29, 0.717) is 6.07 Å². The summed E-state index contributed by atoms with van der Waals surface area (Å²) in [7, 11) is 0. The second kappa shape index (κ2) is 4.57. The smallest absolute Gasteiger partial charge is 0.416 e. The summed E-state index contributed by atoms with van der Waals surface area (Å²) in [5.74, 6) is -3.57. The molecule has 1 N–H and O–H groups in total. The van der Waals surface area contributed by atoms with Gasteiger partial charge in [0.05, 0.1) is 5.56 Å². The van der Waals surface area contributed by atoms with Gasteiger partial charge in [0.2, 0.25) is 0 Å². The van der Waals surface area contributed by atoms with E-state index in [1.165, 1.54) is 0 Å². The molecular formula is C11H9F3O3. The first kappa shape index (κ1) is 13.2. The molecule has 0 aliphatic carbocycles. The fraction of sp³-hybridized carbons (Fsp3) is 0.273. The maximum absolute atomic E-state index is 12.4. The number of alkyl halides is 3. The SMILES string of the molecule is C[C@@H](C(=O)O)C(=O)c1cccc(C(F)(F)F)c1. The largest absolute Gasteiger partial charge is 0.481 e. The van der Waals surface area contributed by atoms with Crippen molar-refractivity contribution in [3.63, 3.8) is 0 Å². The maximum Gasteiger partial charge on any atom is 0.416 e. The molecular weight excluding hydrogens is 237 g/mol. The predicted molar refractivity (Wildman–Crippen MR) is 52.6 cm³/mol. The molecule has 0 radical (unpaired) electrons. The van der Waals surface area contributed by atoms with Crippen LogP contribution in [0.2, 0.25) is 0 Å². The van der Waals surface area contributed by atoms with Crippen LogP contribution < -0.4 is 0 Å². The molecule has 0 heterocycles. The van der Waals surface area contributed by atoms with Crippen molar-refractivity contribution in [1.29, 1.82) is 0 Å². The van der Waals surface area contributed by atoms with Crippen molar-refractivity contribution in [2.24, 2.45) is 5.92 Å². The Morgan fingerprint density at radius 2 is 1.88 bits per heavy atom. The first-order valence-corrected chi connectivity index (χ1v) is 4.67. The Bertz CT molecular complexity index is 452. The summed E-state index contributed by atoms with van der Waals surface area (Å²) in [6.45, 7) is 1.13. The molecule has 92 valence electrons. The van der Waals surface area contributed by atoms with Gasteiger partial charge in [-0.05, 0) is 19.1 Å². The van der Waals surface area contributed by atoms with Crippen molar-refractivity contribution in [3.05, 3.63) is 35.4 Å². The van der Waals surface area contributed by atoms with E-state index in [-0.39, 0.29) is 5.56 Å². The number of rotatable bonds is 3. The highest BCUT2D eigenvalue weighted by Gasteiger charge is 2.31. The molecule has 1 atom stereocenters. The van der Waals surface area contributed by atoms with Crippen LogP contribution in [0, 0.1) is 5.92 Å². The van der Waals surface area contributed by atoms with Crippen molar-refractivity contribution in [2.75, 3.05) is 0 Å². The minimum absolute atomic E-state index is 0.255. The minimum Gasteiger partial charge on any atom is -0.481 e. The summed E-state index contributed by atoms with van der Waals surface area (Å²) in [6, 6.07) is 3.71. The van der Waals surface area contributed by atoms with Crippen LogP contribution in [-0.2, 0) is 11.0 Å². The van der Waals surface area contributed by atoms with Crippen LogP contribution in [0.3, 0.4) is 0 Å². The average molecular weight is 246 g/mol. The summed E-state index contributed by atoms with van der Waals surface area (Å²) < 4.78 is 37.1. The molecule has 0 bridgehead atoms. The molecule has 0 spiro atoms. The number of Topliss-reactive ketones (excluding diaryl/α,β-unsaturated/α-hetero) is 1. The van der Waals surface area contributed by atoms with Crippen LogP contribution in [0.15, 0.2) is 24.3 Å². The van der Waals surface area contributed by atoms with E-state index >= 15 is 0 Å². The Hall–Kier alpha value is -1.85. The summed E-state index contributed by atoms with van der Waals surface area (Å²) >= 11 is 0. The Morgan fingerprint density at radius 1 is 1.29 bits per heavy atom. The van der Waals surface area contributed by atoms with Crippen molar-refractivity contribution in [3.8, 4) is 0 Å². The Balaban J connectivity index is 3.08. The average Bonchev–Trinajstić information content (AvgIpc) is 2.26. The van der Waals surface area contributed by atoms with E-state index in [0.717, 1.165) is 25.1 Å². The lowest BCUT2D eigenvalue weighted by Crippen LogP contribution is -2.21. The van der Waals surface area contributed by atoms with E-state index < -0.39 is 29.4 Å². The number of carboxylic acid groups (broad SMARTS) is 1. The topological polar surface area (TPSA) is 54.4 Å². The van der Waals surface area contributed by atoms with Gasteiger partial charge in [-0.3, -0.25) is 9.59 Å². The zero-order valence-corrected chi connectivity index (χ0v) is 8.78. The quantitative estimate of drug-likeness (QED) is 0.658. The van der Waals surface area contributed by atoms with Gasteiger partial charge < -0.3 is 5.11 Å². The Kier molecular flexibility index (Phi) is 3.55. The van der Waals surface area contributed by atoms with Gasteiger partial charge in [0, 0.05) is 5.56 Å². The van der Waals surface area contributed by atoms with Crippen molar-refractivity contribution >= 4 is 11.8 Å². The van der Waals surface area contributed by atoms with Gasteiger partial charge in [-0.15, -0.1) is 0 Å². The van der Waals surface area contributed by atoms with E-state index in [4.69, 9.17) is 5.11 Å². The van der Waals surface area contributed by atoms with Gasteiger partial charge in [-0.1, -0.05) is 12.1 Å². The zero-order chi connectivity index (χ0) is 13.2. The number of benzene rings is 1. The predicted octanol–water partition coefficient (Wildman–Crippen LogP) is 2.61. The molecule has 3 nitrogen and oxygen atoms in total. The number of carbonyl (C=O) groups excluding carboxylic acids is 1. The van der Waals surface area contributed by atoms with Crippen LogP contribution in [0.1, 0.15) is 22.8 Å². The minimum atomic E-state index is -4.55. The Morgan fingerprint density at radius 3 is 2.35 bits per heavy atom. The number of carboxylic acids is 1. The summed E-state index contributed by atoms with van der Waals surface area (Å²) in [5, 5.41) is 8.60. The fourth-order valence-corrected chi connectivity index (χ4v) is 1.21. The molecule has 0 fully saturated rings. The van der Waals surface area contributed by atoms with Gasteiger partial charge in [-0.2, -0.15) is 13.2 Å². The van der Waals surface area contributed by atoms with Gasteiger partial charge in [0.15, 0.2) is 5.78 Å². The normalized spacial score (nSPS) is 13.2. The highest BCUT2D eigenvalue weighted by molar-refractivity contribution is 6.07. The van der Waals surface area contributed by atoms with Crippen LogP contribution in [-0.4, -0.2) is 16.9 Å². The third kappa shape index (κ3) is 3.05. The second-order valence-electron chi connectivity index (χ2n) is 3.50. The molecule has 1 aromatic carbocycles. The standard InChI is InChI=1S/C11H9F3O3/c1-6(10(16)17)9(15)7-3-2-4-8(5-7)11(12,13)14/h2-6H,1H3,(H,16,17)/t6-/m1/s1. The first-order chi connectivity index (χ1) is 7.73. The fourth-order valence-electron chi connectivity index (χ4n) is 1.21. The molecule has 0 aliphatic heterocycles. The summed E-state index contributed by atoms with van der Waals surface area (Å²) in [6.07, 6.45) is -4.55. The highest BCUT2D eigenvalue weighted by Crippen LogP contribution is 2.29. The molecule has 1 rings (SSSR count). The number of halogens is 3. The molecule has 6 heteroatoms. The first-order valence-electron chi connectivity index (χ1n) is 4.67. The van der Waals surface area contributed by atoms with Crippen molar-refractivity contribution < 1.29 is 27.9 Å². The molecule has 1 aromatic rings. The number of ketones is 1. The number of hydrogen-bond donors (Lipinski definition) is 1. The lowest BCUT2D eigenvalue weighted by Gasteiger charge is -2.09. The van der Waals surface area contributed by atoms with E-state index in [9.17, 15) is 22.8 Å². The second-order valence-corrected chi connectivity index (χ2v) is 3.50. The molecule has 0 saturated carbocycles. The van der Waals surface area contributed by atoms with Gasteiger partial charge in [0.1, 0.15) is 5.92 Å². The maximum atomic E-state index is 12.4. The van der Waals surface area contributed by atoms with Crippen molar-refractivity contribution in [1.82, 2.24) is 0 Å². The van der Waals surface area contributed by atoms with E-state index in [2.05, 4.69) is 0 Å². The number of hydrogen-bond acceptors (Lipinski definition) is 2. The summed E-state index contributed by atoms with van der Waals surface area (Å²) in [5.41, 5.74) is -1.23. The molecule has 0 aliphatic rings. The van der Waals surface area contributed by atoms with E-state index in [1.807, 2.05) is 0 Å². The van der Waals surface area contributed by atoms with Gasteiger partial charge >= 0.3 is 12.1 Å².